The third-order valence-corrected chi connectivity index (χ3v) is 4.36. The lowest BCUT2D eigenvalue weighted by Crippen LogP contribution is -2.14. The van der Waals surface area contributed by atoms with Crippen molar-refractivity contribution in [1.29, 1.82) is 5.26 Å². The van der Waals surface area contributed by atoms with Gasteiger partial charge in [-0.1, -0.05) is 19.9 Å². The molecule has 0 radical (unpaired) electrons. The van der Waals surface area contributed by atoms with Gasteiger partial charge >= 0.3 is 0 Å². The molecule has 92 valence electrons. The number of rotatable bonds is 4. The molecular weight excluding hydrogens is 234 g/mol. The van der Waals surface area contributed by atoms with Crippen molar-refractivity contribution in [3.8, 4) is 6.07 Å². The van der Waals surface area contributed by atoms with Crippen molar-refractivity contribution in [2.24, 2.45) is 5.92 Å². The highest BCUT2D eigenvalue weighted by molar-refractivity contribution is 7.90. The Morgan fingerprint density at radius 3 is 2.47 bits per heavy atom. The van der Waals surface area contributed by atoms with Crippen molar-refractivity contribution < 1.29 is 8.42 Å². The largest absolute Gasteiger partial charge is 0.228 e. The molecule has 0 aliphatic carbocycles. The summed E-state index contributed by atoms with van der Waals surface area (Å²) in [5.74, 6) is 0.397. The number of hydrogen-bond acceptors (Lipinski definition) is 3. The lowest BCUT2D eigenvalue weighted by Gasteiger charge is -2.09. The first-order valence-electron chi connectivity index (χ1n) is 5.54. The number of hydrogen-bond donors (Lipinski definition) is 0. The molecule has 0 aliphatic rings. The van der Waals surface area contributed by atoms with Gasteiger partial charge in [0.2, 0.25) is 0 Å². The molecule has 4 heteroatoms. The molecule has 17 heavy (non-hydrogen) atoms. The summed E-state index contributed by atoms with van der Waals surface area (Å²) >= 11 is 0. The van der Waals surface area contributed by atoms with Crippen LogP contribution in [0.5, 0.6) is 0 Å². The zero-order valence-corrected chi connectivity index (χ0v) is 11.2. The fourth-order valence-electron chi connectivity index (χ4n) is 1.73. The maximum Gasteiger partial charge on any atom is 0.154 e. The lowest BCUT2D eigenvalue weighted by molar-refractivity contribution is 0.581. The van der Waals surface area contributed by atoms with Crippen LogP contribution < -0.4 is 0 Å². The molecule has 0 fully saturated rings. The summed E-state index contributed by atoms with van der Waals surface area (Å²) in [6, 6.07) is 7.15. The van der Waals surface area contributed by atoms with Crippen molar-refractivity contribution in [1.82, 2.24) is 0 Å². The fraction of sp³-hybridized carbons (Fsp3) is 0.462. The molecule has 1 aromatic rings. The van der Waals surface area contributed by atoms with E-state index in [0.717, 1.165) is 11.1 Å². The standard InChI is InChI=1S/C13H17NO2S/c1-10(2)8-17(15,16)9-13-5-4-12(7-14)6-11(13)3/h4-6,10H,8-9H2,1-3H3. The quantitative estimate of drug-likeness (QED) is 0.825. The van der Waals surface area contributed by atoms with E-state index in [4.69, 9.17) is 5.26 Å². The van der Waals surface area contributed by atoms with E-state index in [1.807, 2.05) is 26.8 Å². The third-order valence-electron chi connectivity index (χ3n) is 2.43. The van der Waals surface area contributed by atoms with Crippen LogP contribution in [0.1, 0.15) is 30.5 Å². The predicted molar refractivity (Wildman–Crippen MR) is 68.2 cm³/mol. The Labute approximate surface area is 103 Å². The average molecular weight is 251 g/mol. The number of nitriles is 1. The van der Waals surface area contributed by atoms with Gasteiger partial charge < -0.3 is 0 Å². The van der Waals surface area contributed by atoms with E-state index in [2.05, 4.69) is 0 Å². The molecule has 0 spiro atoms. The second-order valence-electron chi connectivity index (χ2n) is 4.70. The Kier molecular flexibility index (Phi) is 4.30. The lowest BCUT2D eigenvalue weighted by atomic mass is 10.1. The van der Waals surface area contributed by atoms with E-state index in [0.29, 0.717) is 5.56 Å². The van der Waals surface area contributed by atoms with Crippen LogP contribution in [0.3, 0.4) is 0 Å². The molecule has 0 N–H and O–H groups in total. The van der Waals surface area contributed by atoms with Crippen molar-refractivity contribution in [3.63, 3.8) is 0 Å². The van der Waals surface area contributed by atoms with Gasteiger partial charge in [-0.05, 0) is 36.1 Å². The maximum absolute atomic E-state index is 11.9. The maximum atomic E-state index is 11.9. The number of sulfone groups is 1. The minimum absolute atomic E-state index is 0.0583. The van der Waals surface area contributed by atoms with Crippen LogP contribution in [0.15, 0.2) is 18.2 Å². The summed E-state index contributed by atoms with van der Waals surface area (Å²) in [6.45, 7) is 5.62. The van der Waals surface area contributed by atoms with Gasteiger partial charge in [0.05, 0.1) is 23.1 Å². The first kappa shape index (κ1) is 13.7. The second-order valence-corrected chi connectivity index (χ2v) is 6.81. The minimum atomic E-state index is -3.06. The van der Waals surface area contributed by atoms with Gasteiger partial charge in [-0.2, -0.15) is 5.26 Å². The molecule has 1 rings (SSSR count). The minimum Gasteiger partial charge on any atom is -0.228 e. The molecule has 0 amide bonds. The Hall–Kier alpha value is -1.34. The van der Waals surface area contributed by atoms with Crippen LogP contribution in [0.25, 0.3) is 0 Å². The highest BCUT2D eigenvalue weighted by Gasteiger charge is 2.15. The normalized spacial score (nSPS) is 11.5. The smallest absolute Gasteiger partial charge is 0.154 e. The number of benzene rings is 1. The molecule has 0 atom stereocenters. The first-order valence-corrected chi connectivity index (χ1v) is 7.36. The van der Waals surface area contributed by atoms with E-state index >= 15 is 0 Å². The zero-order chi connectivity index (χ0) is 13.1. The zero-order valence-electron chi connectivity index (χ0n) is 10.4. The van der Waals surface area contributed by atoms with Gasteiger partial charge in [-0.15, -0.1) is 0 Å². The topological polar surface area (TPSA) is 57.9 Å². The SMILES string of the molecule is Cc1cc(C#N)ccc1CS(=O)(=O)CC(C)C. The number of aryl methyl sites for hydroxylation is 1. The monoisotopic (exact) mass is 251 g/mol. The fourth-order valence-corrected chi connectivity index (χ4v) is 3.66. The molecule has 3 nitrogen and oxygen atoms in total. The van der Waals surface area contributed by atoms with Crippen molar-refractivity contribution in [2.45, 2.75) is 26.5 Å². The van der Waals surface area contributed by atoms with E-state index in [1.54, 1.807) is 18.2 Å². The molecular formula is C13H17NO2S. The van der Waals surface area contributed by atoms with Crippen LogP contribution in [-0.4, -0.2) is 14.2 Å². The molecule has 0 saturated heterocycles. The summed E-state index contributed by atoms with van der Waals surface area (Å²) in [5.41, 5.74) is 2.20. The Balaban J connectivity index is 2.94. The van der Waals surface area contributed by atoms with E-state index < -0.39 is 9.84 Å². The van der Waals surface area contributed by atoms with Crippen LogP contribution in [-0.2, 0) is 15.6 Å². The van der Waals surface area contributed by atoms with Crippen molar-refractivity contribution >= 4 is 9.84 Å². The average Bonchev–Trinajstić information content (AvgIpc) is 2.18. The van der Waals surface area contributed by atoms with Crippen LogP contribution in [0.2, 0.25) is 0 Å². The van der Waals surface area contributed by atoms with Gasteiger partial charge in [0.25, 0.3) is 0 Å². The molecule has 0 saturated carbocycles. The molecule has 1 aromatic carbocycles. The molecule has 0 aliphatic heterocycles. The Morgan fingerprint density at radius 1 is 1.35 bits per heavy atom. The van der Waals surface area contributed by atoms with E-state index in [-0.39, 0.29) is 17.4 Å². The summed E-state index contributed by atoms with van der Waals surface area (Å²) in [6.07, 6.45) is 0. The van der Waals surface area contributed by atoms with Gasteiger partial charge in [-0.3, -0.25) is 0 Å². The van der Waals surface area contributed by atoms with Crippen LogP contribution in [0.4, 0.5) is 0 Å². The second kappa shape index (κ2) is 5.33. The molecule has 0 heterocycles. The summed E-state index contributed by atoms with van der Waals surface area (Å²) in [7, 11) is -3.06. The van der Waals surface area contributed by atoms with Crippen LogP contribution >= 0.6 is 0 Å². The molecule has 0 aromatic heterocycles. The highest BCUT2D eigenvalue weighted by atomic mass is 32.2. The highest BCUT2D eigenvalue weighted by Crippen LogP contribution is 2.15. The number of nitrogens with zero attached hydrogens (tertiary/aromatic N) is 1. The summed E-state index contributed by atoms with van der Waals surface area (Å²) in [5, 5.41) is 8.74. The summed E-state index contributed by atoms with van der Waals surface area (Å²) < 4.78 is 23.7. The molecule has 0 bridgehead atoms. The van der Waals surface area contributed by atoms with E-state index in [1.165, 1.54) is 0 Å². The van der Waals surface area contributed by atoms with Crippen LogP contribution in [0, 0.1) is 24.2 Å². The van der Waals surface area contributed by atoms with Gasteiger partial charge in [0.15, 0.2) is 9.84 Å². The van der Waals surface area contributed by atoms with Gasteiger partial charge in [0, 0.05) is 0 Å². The van der Waals surface area contributed by atoms with Crippen molar-refractivity contribution in [2.75, 3.05) is 5.75 Å². The molecule has 0 unspecified atom stereocenters. The van der Waals surface area contributed by atoms with Gasteiger partial charge in [-0.25, -0.2) is 8.42 Å². The summed E-state index contributed by atoms with van der Waals surface area (Å²) in [4.78, 5) is 0. The predicted octanol–water partition coefficient (Wildman–Crippen LogP) is 2.44. The third kappa shape index (κ3) is 4.20. The van der Waals surface area contributed by atoms with Gasteiger partial charge in [0.1, 0.15) is 0 Å². The van der Waals surface area contributed by atoms with Crippen molar-refractivity contribution in [3.05, 3.63) is 34.9 Å². The Morgan fingerprint density at radius 2 is 2.00 bits per heavy atom. The Bertz CT molecular complexity index is 539. The first-order chi connectivity index (χ1) is 7.84. The van der Waals surface area contributed by atoms with E-state index in [9.17, 15) is 8.42 Å².